The second-order valence-electron chi connectivity index (χ2n) is 8.40. The first-order valence-electron chi connectivity index (χ1n) is 11.3. The molecule has 0 aromatic heterocycles. The zero-order valence-electron chi connectivity index (χ0n) is 18.7. The highest BCUT2D eigenvalue weighted by atomic mass is 32.2. The van der Waals surface area contributed by atoms with Gasteiger partial charge in [0.15, 0.2) is 0 Å². The third-order valence-electron chi connectivity index (χ3n) is 5.94. The number of fused-ring (bicyclic) bond motifs is 1. The number of anilines is 1. The molecule has 3 aromatic rings. The maximum absolute atomic E-state index is 13.0. The van der Waals surface area contributed by atoms with Crippen molar-refractivity contribution in [1.82, 2.24) is 4.72 Å². The van der Waals surface area contributed by atoms with Gasteiger partial charge in [0.1, 0.15) is 11.9 Å². The van der Waals surface area contributed by atoms with Gasteiger partial charge in [0.25, 0.3) is 15.9 Å². The summed E-state index contributed by atoms with van der Waals surface area (Å²) in [6.07, 6.45) is 1.44. The summed E-state index contributed by atoms with van der Waals surface area (Å²) >= 11 is 0. The van der Waals surface area contributed by atoms with Crippen molar-refractivity contribution in [1.29, 1.82) is 0 Å². The second kappa shape index (κ2) is 9.34. The van der Waals surface area contributed by atoms with Crippen LogP contribution >= 0.6 is 0 Å². The minimum absolute atomic E-state index is 0.0313. The van der Waals surface area contributed by atoms with E-state index >= 15 is 0 Å². The lowest BCUT2D eigenvalue weighted by Crippen LogP contribution is -2.29. The van der Waals surface area contributed by atoms with Gasteiger partial charge >= 0.3 is 5.97 Å². The van der Waals surface area contributed by atoms with E-state index in [1.54, 1.807) is 30.3 Å². The number of ether oxygens (including phenoxy) is 1. The molecule has 0 saturated carbocycles. The van der Waals surface area contributed by atoms with E-state index in [1.165, 1.54) is 12.1 Å². The Bertz CT molecular complexity index is 1430. The van der Waals surface area contributed by atoms with E-state index in [1.807, 2.05) is 30.3 Å². The van der Waals surface area contributed by atoms with Crippen molar-refractivity contribution in [3.05, 3.63) is 95.1 Å². The maximum Gasteiger partial charge on any atom is 0.339 e. The number of amidine groups is 1. The fourth-order valence-corrected chi connectivity index (χ4v) is 5.31. The van der Waals surface area contributed by atoms with Crippen molar-refractivity contribution in [3.63, 3.8) is 0 Å². The summed E-state index contributed by atoms with van der Waals surface area (Å²) in [7, 11) is -3.80. The van der Waals surface area contributed by atoms with Crippen LogP contribution in [-0.2, 0) is 21.2 Å². The summed E-state index contributed by atoms with van der Waals surface area (Å²) in [6.45, 7) is 0.610. The van der Waals surface area contributed by atoms with Crippen LogP contribution in [0.15, 0.2) is 82.7 Å². The average Bonchev–Trinajstić information content (AvgIpc) is 3.36. The molecular weight excluding hydrogens is 466 g/mol. The summed E-state index contributed by atoms with van der Waals surface area (Å²) in [6, 6.07) is 20.3. The van der Waals surface area contributed by atoms with E-state index in [-0.39, 0.29) is 4.90 Å². The predicted molar refractivity (Wildman–Crippen MR) is 131 cm³/mol. The molecule has 0 saturated heterocycles. The SMILES string of the molecule is O=C(Nc1cccc(S(=O)(=O)NC2=NCCC2)c1)c1ccc2c(c1)CC(c1ccccc1)OC2=O. The van der Waals surface area contributed by atoms with Crippen LogP contribution < -0.4 is 10.0 Å². The van der Waals surface area contributed by atoms with E-state index in [2.05, 4.69) is 15.0 Å². The molecule has 0 fully saturated rings. The molecule has 2 N–H and O–H groups in total. The fourth-order valence-electron chi connectivity index (χ4n) is 4.17. The zero-order chi connectivity index (χ0) is 24.4. The van der Waals surface area contributed by atoms with Crippen LogP contribution in [0.1, 0.15) is 50.8 Å². The molecule has 2 heterocycles. The van der Waals surface area contributed by atoms with Crippen molar-refractivity contribution < 1.29 is 22.7 Å². The Hall–Kier alpha value is -3.98. The van der Waals surface area contributed by atoms with E-state index in [0.717, 1.165) is 17.5 Å². The predicted octanol–water partition coefficient (Wildman–Crippen LogP) is 3.86. The van der Waals surface area contributed by atoms with Gasteiger partial charge in [-0.25, -0.2) is 13.2 Å². The van der Waals surface area contributed by atoms with Crippen molar-refractivity contribution in [2.24, 2.45) is 4.99 Å². The molecule has 9 heteroatoms. The van der Waals surface area contributed by atoms with Gasteiger partial charge in [-0.1, -0.05) is 36.4 Å². The van der Waals surface area contributed by atoms with Crippen molar-refractivity contribution in [3.8, 4) is 0 Å². The molecule has 8 nitrogen and oxygen atoms in total. The summed E-state index contributed by atoms with van der Waals surface area (Å²) in [5.41, 5.74) is 2.74. The van der Waals surface area contributed by atoms with Crippen LogP contribution in [0.4, 0.5) is 5.69 Å². The summed E-state index contributed by atoms with van der Waals surface area (Å²) < 4.78 is 33.5. The molecule has 35 heavy (non-hydrogen) atoms. The minimum Gasteiger partial charge on any atom is -0.454 e. The molecule has 0 spiro atoms. The Morgan fingerprint density at radius 1 is 1.00 bits per heavy atom. The smallest absolute Gasteiger partial charge is 0.339 e. The van der Waals surface area contributed by atoms with Gasteiger partial charge in [0.05, 0.1) is 10.5 Å². The monoisotopic (exact) mass is 489 g/mol. The van der Waals surface area contributed by atoms with Crippen LogP contribution in [0.25, 0.3) is 0 Å². The summed E-state index contributed by atoms with van der Waals surface area (Å²) in [4.78, 5) is 29.6. The molecule has 0 bridgehead atoms. The first-order valence-corrected chi connectivity index (χ1v) is 12.7. The number of cyclic esters (lactones) is 1. The number of carbonyl (C=O) groups excluding carboxylic acids is 2. The standard InChI is InChI=1S/C26H23N3O5S/c30-25(28-20-8-4-9-21(16-20)35(32,33)29-24-10-5-13-27-24)18-11-12-22-19(14-18)15-23(34-26(22)31)17-6-2-1-3-7-17/h1-4,6-9,11-12,14,16,23H,5,10,13,15H2,(H,27,29)(H,28,30). The number of hydrogen-bond donors (Lipinski definition) is 2. The first kappa shape index (κ1) is 22.8. The third kappa shape index (κ3) is 4.95. The second-order valence-corrected chi connectivity index (χ2v) is 10.1. The Labute approximate surface area is 203 Å². The van der Waals surface area contributed by atoms with Gasteiger partial charge in [-0.3, -0.25) is 14.5 Å². The number of nitrogens with zero attached hydrogens (tertiary/aromatic N) is 1. The van der Waals surface area contributed by atoms with Crippen LogP contribution in [-0.4, -0.2) is 32.7 Å². The molecule has 0 radical (unpaired) electrons. The van der Waals surface area contributed by atoms with Crippen LogP contribution in [0, 0.1) is 0 Å². The Morgan fingerprint density at radius 2 is 1.83 bits per heavy atom. The summed E-state index contributed by atoms with van der Waals surface area (Å²) in [5.74, 6) is -0.393. The lowest BCUT2D eigenvalue weighted by Gasteiger charge is -2.25. The average molecular weight is 490 g/mol. The molecule has 0 aliphatic carbocycles. The quantitative estimate of drug-likeness (QED) is 0.528. The topological polar surface area (TPSA) is 114 Å². The number of benzene rings is 3. The Balaban J connectivity index is 1.34. The van der Waals surface area contributed by atoms with Crippen LogP contribution in [0.5, 0.6) is 0 Å². The number of sulfonamides is 1. The minimum atomic E-state index is -3.80. The lowest BCUT2D eigenvalue weighted by molar-refractivity contribution is 0.0252. The van der Waals surface area contributed by atoms with Gasteiger partial charge in [-0.15, -0.1) is 0 Å². The van der Waals surface area contributed by atoms with Gasteiger partial charge in [-0.2, -0.15) is 0 Å². The molecule has 1 unspecified atom stereocenters. The maximum atomic E-state index is 13.0. The van der Waals surface area contributed by atoms with Gasteiger partial charge in [0.2, 0.25) is 0 Å². The normalized spacial score (nSPS) is 17.2. The third-order valence-corrected chi connectivity index (χ3v) is 7.32. The van der Waals surface area contributed by atoms with Crippen LogP contribution in [0.2, 0.25) is 0 Å². The van der Waals surface area contributed by atoms with Crippen molar-refractivity contribution >= 4 is 33.4 Å². The lowest BCUT2D eigenvalue weighted by atomic mass is 9.93. The number of hydrogen-bond acceptors (Lipinski definition) is 6. The zero-order valence-corrected chi connectivity index (χ0v) is 19.5. The van der Waals surface area contributed by atoms with Gasteiger partial charge in [0, 0.05) is 30.6 Å². The highest BCUT2D eigenvalue weighted by molar-refractivity contribution is 7.90. The number of amides is 1. The molecule has 2 aliphatic heterocycles. The number of nitrogens with one attached hydrogen (secondary N) is 2. The van der Waals surface area contributed by atoms with E-state index < -0.39 is 28.0 Å². The number of aliphatic imine (C=N–C) groups is 1. The molecule has 1 amide bonds. The van der Waals surface area contributed by atoms with Gasteiger partial charge in [-0.05, 0) is 53.9 Å². The van der Waals surface area contributed by atoms with E-state index in [0.29, 0.717) is 42.0 Å². The number of rotatable bonds is 5. The highest BCUT2D eigenvalue weighted by Gasteiger charge is 2.28. The summed E-state index contributed by atoms with van der Waals surface area (Å²) in [5, 5.41) is 2.75. The molecule has 3 aromatic carbocycles. The first-order chi connectivity index (χ1) is 16.9. The number of carbonyl (C=O) groups is 2. The molecule has 178 valence electrons. The van der Waals surface area contributed by atoms with Crippen molar-refractivity contribution in [2.45, 2.75) is 30.3 Å². The fraction of sp³-hybridized carbons (Fsp3) is 0.192. The number of esters is 1. The van der Waals surface area contributed by atoms with Crippen molar-refractivity contribution in [2.75, 3.05) is 11.9 Å². The van der Waals surface area contributed by atoms with E-state index in [9.17, 15) is 18.0 Å². The molecular formula is C26H23N3O5S. The Kier molecular flexibility index (Phi) is 6.08. The van der Waals surface area contributed by atoms with Gasteiger partial charge < -0.3 is 10.1 Å². The Morgan fingerprint density at radius 3 is 2.60 bits per heavy atom. The molecule has 2 aliphatic rings. The highest BCUT2D eigenvalue weighted by Crippen LogP contribution is 2.31. The largest absolute Gasteiger partial charge is 0.454 e. The molecule has 5 rings (SSSR count). The van der Waals surface area contributed by atoms with Crippen LogP contribution in [0.3, 0.4) is 0 Å². The molecule has 1 atom stereocenters. The van der Waals surface area contributed by atoms with E-state index in [4.69, 9.17) is 4.74 Å².